The topological polar surface area (TPSA) is 69.6 Å². The Labute approximate surface area is 259 Å². The van der Waals surface area contributed by atoms with E-state index < -0.39 is 0 Å². The molecule has 2 heterocycles. The highest BCUT2D eigenvalue weighted by atomic mass is 127. The van der Waals surface area contributed by atoms with E-state index in [1.54, 1.807) is 12.3 Å². The number of para-hydroxylation sites is 1. The lowest BCUT2D eigenvalue weighted by Gasteiger charge is -2.11. The number of furan rings is 1. The Hall–Kier alpha value is -3.03. The van der Waals surface area contributed by atoms with Crippen LogP contribution in [0.15, 0.2) is 110 Å². The summed E-state index contributed by atoms with van der Waals surface area (Å²) in [5.74, 6) is 1.60. The van der Waals surface area contributed by atoms with Crippen LogP contribution in [-0.2, 0) is 6.61 Å². The third-order valence-corrected chi connectivity index (χ3v) is 8.12. The van der Waals surface area contributed by atoms with Crippen LogP contribution in [0.2, 0.25) is 0 Å². The first-order valence-corrected chi connectivity index (χ1v) is 14.8. The minimum absolute atomic E-state index is 0.277. The number of ether oxygens (including phenoxy) is 1. The molecule has 0 saturated heterocycles. The highest BCUT2D eigenvalue weighted by molar-refractivity contribution is 14.1. The van der Waals surface area contributed by atoms with Gasteiger partial charge in [-0.1, -0.05) is 58.4 Å². The zero-order valence-corrected chi connectivity index (χ0v) is 26.0. The Morgan fingerprint density at radius 2 is 1.69 bits per heavy atom. The molecule has 0 bridgehead atoms. The Kier molecular flexibility index (Phi) is 7.54. The van der Waals surface area contributed by atoms with Crippen LogP contribution in [0.5, 0.6) is 5.75 Å². The highest BCUT2D eigenvalue weighted by Crippen LogP contribution is 2.31. The fourth-order valence-electron chi connectivity index (χ4n) is 4.16. The molecule has 2 aromatic heterocycles. The number of rotatable bonds is 6. The van der Waals surface area contributed by atoms with Gasteiger partial charge in [0, 0.05) is 9.86 Å². The van der Waals surface area contributed by atoms with Gasteiger partial charge in [-0.15, -0.1) is 0 Å². The summed E-state index contributed by atoms with van der Waals surface area (Å²) in [7, 11) is 0. The smallest absolute Gasteiger partial charge is 0.282 e. The van der Waals surface area contributed by atoms with Crippen molar-refractivity contribution in [2.75, 3.05) is 0 Å². The van der Waals surface area contributed by atoms with Crippen LogP contribution in [0.1, 0.15) is 11.1 Å². The molecule has 0 saturated carbocycles. The largest absolute Gasteiger partial charge is 0.487 e. The molecule has 0 fully saturated rings. The summed E-state index contributed by atoms with van der Waals surface area (Å²) >= 11 is 8.02. The van der Waals surface area contributed by atoms with Crippen LogP contribution < -0.4 is 10.3 Å². The van der Waals surface area contributed by atoms with Crippen molar-refractivity contribution in [1.82, 2.24) is 9.66 Å². The predicted molar refractivity (Wildman–Crippen MR) is 175 cm³/mol. The second-order valence-corrected chi connectivity index (χ2v) is 11.9. The minimum Gasteiger partial charge on any atom is -0.487 e. The molecular formula is C30H18BrI2N3O3. The van der Waals surface area contributed by atoms with Crippen molar-refractivity contribution in [3.8, 4) is 17.3 Å². The van der Waals surface area contributed by atoms with Gasteiger partial charge >= 0.3 is 0 Å². The number of hydrogen-bond acceptors (Lipinski definition) is 5. The van der Waals surface area contributed by atoms with Crippen molar-refractivity contribution in [3.63, 3.8) is 0 Å². The molecule has 192 valence electrons. The highest BCUT2D eigenvalue weighted by Gasteiger charge is 2.17. The number of fused-ring (bicyclic) bond motifs is 2. The molecule has 0 N–H and O–H groups in total. The molecule has 6 nitrogen and oxygen atoms in total. The lowest BCUT2D eigenvalue weighted by Crippen LogP contribution is -2.20. The Balaban J connectivity index is 1.39. The summed E-state index contributed by atoms with van der Waals surface area (Å²) in [6.07, 6.45) is 1.66. The lowest BCUT2D eigenvalue weighted by atomic mass is 10.2. The molecule has 0 aliphatic heterocycles. The van der Waals surface area contributed by atoms with Gasteiger partial charge in [0.1, 0.15) is 17.9 Å². The average Bonchev–Trinajstić information content (AvgIpc) is 3.36. The van der Waals surface area contributed by atoms with Crippen LogP contribution in [-0.4, -0.2) is 15.9 Å². The van der Waals surface area contributed by atoms with Crippen molar-refractivity contribution >= 4 is 89.2 Å². The standard InChI is InChI=1S/C30H18BrI2N3O3/c31-21-10-11-26-20(14-21)15-27(39-26)29-35-25-9-5-4-8-22(25)30(37)36(29)34-16-19-12-23(32)28(24(33)13-19)38-17-18-6-2-1-3-7-18/h1-16H,17H2. The molecule has 0 radical (unpaired) electrons. The summed E-state index contributed by atoms with van der Waals surface area (Å²) in [5.41, 5.74) is 2.93. The predicted octanol–water partition coefficient (Wildman–Crippen LogP) is 8.24. The molecular weight excluding hydrogens is 784 g/mol. The molecule has 9 heteroatoms. The fraction of sp³-hybridized carbons (Fsp3) is 0.0333. The Bertz CT molecular complexity index is 1910. The minimum atomic E-state index is -0.277. The molecule has 0 aliphatic carbocycles. The van der Waals surface area contributed by atoms with Gasteiger partial charge in [0.15, 0.2) is 5.76 Å². The van der Waals surface area contributed by atoms with Crippen molar-refractivity contribution in [2.24, 2.45) is 5.10 Å². The van der Waals surface area contributed by atoms with E-state index in [-0.39, 0.29) is 5.56 Å². The first kappa shape index (κ1) is 26.2. The van der Waals surface area contributed by atoms with Gasteiger partial charge in [-0.25, -0.2) is 4.98 Å². The maximum atomic E-state index is 13.6. The molecule has 0 aliphatic rings. The molecule has 0 spiro atoms. The van der Waals surface area contributed by atoms with Crippen LogP contribution >= 0.6 is 61.1 Å². The van der Waals surface area contributed by atoms with E-state index in [0.29, 0.717) is 34.7 Å². The van der Waals surface area contributed by atoms with Gasteiger partial charge in [-0.05, 0) is 105 Å². The van der Waals surface area contributed by atoms with Gasteiger partial charge in [0.05, 0.1) is 24.3 Å². The van der Waals surface area contributed by atoms with Crippen molar-refractivity contribution in [1.29, 1.82) is 0 Å². The summed E-state index contributed by atoms with van der Waals surface area (Å²) in [5, 5.41) is 5.97. The molecule has 4 aromatic carbocycles. The monoisotopic (exact) mass is 801 g/mol. The number of benzene rings is 4. The van der Waals surface area contributed by atoms with Crippen LogP contribution in [0.25, 0.3) is 33.5 Å². The number of halogens is 3. The van der Waals surface area contributed by atoms with Crippen LogP contribution in [0.3, 0.4) is 0 Å². The van der Waals surface area contributed by atoms with E-state index in [1.807, 2.05) is 84.9 Å². The van der Waals surface area contributed by atoms with Gasteiger partial charge in [0.25, 0.3) is 5.56 Å². The Morgan fingerprint density at radius 1 is 0.949 bits per heavy atom. The molecule has 0 amide bonds. The number of nitrogens with zero attached hydrogens (tertiary/aromatic N) is 3. The zero-order valence-electron chi connectivity index (χ0n) is 20.1. The van der Waals surface area contributed by atoms with Crippen molar-refractivity contribution in [3.05, 3.63) is 124 Å². The van der Waals surface area contributed by atoms with Gasteiger partial charge in [-0.2, -0.15) is 9.78 Å². The maximum absolute atomic E-state index is 13.6. The second-order valence-electron chi connectivity index (χ2n) is 8.69. The number of aromatic nitrogens is 2. The van der Waals surface area contributed by atoms with E-state index in [1.165, 1.54) is 4.68 Å². The Morgan fingerprint density at radius 3 is 2.49 bits per heavy atom. The van der Waals surface area contributed by atoms with E-state index in [2.05, 4.69) is 66.2 Å². The quantitative estimate of drug-likeness (QED) is 0.126. The first-order valence-electron chi connectivity index (χ1n) is 11.9. The third kappa shape index (κ3) is 5.52. The fourth-order valence-corrected chi connectivity index (χ4v) is 6.67. The molecule has 39 heavy (non-hydrogen) atoms. The van der Waals surface area contributed by atoms with Crippen molar-refractivity contribution in [2.45, 2.75) is 6.61 Å². The van der Waals surface area contributed by atoms with Gasteiger partial charge in [0.2, 0.25) is 5.82 Å². The van der Waals surface area contributed by atoms with E-state index in [4.69, 9.17) is 14.1 Å². The molecule has 0 unspecified atom stereocenters. The lowest BCUT2D eigenvalue weighted by molar-refractivity contribution is 0.302. The summed E-state index contributed by atoms with van der Waals surface area (Å²) in [6.45, 7) is 0.482. The molecule has 6 rings (SSSR count). The SMILES string of the molecule is O=c1c2ccccc2nc(-c2cc3cc(Br)ccc3o2)n1N=Cc1cc(I)c(OCc2ccccc2)c(I)c1. The first-order chi connectivity index (χ1) is 19.0. The van der Waals surface area contributed by atoms with E-state index >= 15 is 0 Å². The van der Waals surface area contributed by atoms with Crippen LogP contribution in [0, 0.1) is 7.14 Å². The summed E-state index contributed by atoms with van der Waals surface area (Å²) < 4.78 is 16.3. The molecule has 0 atom stereocenters. The van der Waals surface area contributed by atoms with Crippen LogP contribution in [0.4, 0.5) is 0 Å². The second kappa shape index (κ2) is 11.2. The molecule has 6 aromatic rings. The maximum Gasteiger partial charge on any atom is 0.282 e. The summed E-state index contributed by atoms with van der Waals surface area (Å²) in [6, 6.07) is 28.8. The normalized spacial score (nSPS) is 11.6. The average molecular weight is 802 g/mol. The summed E-state index contributed by atoms with van der Waals surface area (Å²) in [4.78, 5) is 18.3. The van der Waals surface area contributed by atoms with Gasteiger partial charge < -0.3 is 9.15 Å². The van der Waals surface area contributed by atoms with Gasteiger partial charge in [-0.3, -0.25) is 4.79 Å². The third-order valence-electron chi connectivity index (χ3n) is 6.02. The van der Waals surface area contributed by atoms with E-state index in [9.17, 15) is 4.79 Å². The zero-order chi connectivity index (χ0) is 26.9. The van der Waals surface area contributed by atoms with E-state index in [0.717, 1.165) is 33.9 Å². The number of hydrogen-bond donors (Lipinski definition) is 0. The van der Waals surface area contributed by atoms with Crippen molar-refractivity contribution < 1.29 is 9.15 Å².